The lowest BCUT2D eigenvalue weighted by Gasteiger charge is -2.14. The minimum absolute atomic E-state index is 0.187. The molecule has 0 radical (unpaired) electrons. The van der Waals surface area contributed by atoms with Crippen LogP contribution in [-0.4, -0.2) is 41.4 Å². The highest BCUT2D eigenvalue weighted by Crippen LogP contribution is 2.27. The molecular formula is C9H18N2OS. The number of nitrogens with two attached hydrogens (primary N) is 1. The molecule has 4 heteroatoms. The van der Waals surface area contributed by atoms with Gasteiger partial charge in [0.1, 0.15) is 0 Å². The Hall–Kier alpha value is -0.220. The lowest BCUT2D eigenvalue weighted by molar-refractivity contribution is -0.126. The van der Waals surface area contributed by atoms with E-state index in [1.54, 1.807) is 11.8 Å². The third kappa shape index (κ3) is 2.88. The second-order valence-corrected chi connectivity index (χ2v) is 5.21. The first-order valence-electron chi connectivity index (χ1n) is 4.75. The molecule has 0 spiro atoms. The Kier molecular flexibility index (Phi) is 4.06. The summed E-state index contributed by atoms with van der Waals surface area (Å²) in [6, 6.07) is 0. The zero-order chi connectivity index (χ0) is 9.84. The molecule has 3 nitrogen and oxygen atoms in total. The van der Waals surface area contributed by atoms with E-state index >= 15 is 0 Å². The van der Waals surface area contributed by atoms with Gasteiger partial charge in [0.15, 0.2) is 0 Å². The lowest BCUT2D eigenvalue weighted by Crippen LogP contribution is -2.25. The van der Waals surface area contributed by atoms with Gasteiger partial charge in [0.05, 0.1) is 5.25 Å². The third-order valence-electron chi connectivity index (χ3n) is 2.35. The van der Waals surface area contributed by atoms with Gasteiger partial charge in [0, 0.05) is 18.8 Å². The molecule has 1 aliphatic rings. The second-order valence-electron chi connectivity index (χ2n) is 3.56. The summed E-state index contributed by atoms with van der Waals surface area (Å²) < 4.78 is 0. The van der Waals surface area contributed by atoms with Gasteiger partial charge in [-0.15, -0.1) is 11.8 Å². The zero-order valence-corrected chi connectivity index (χ0v) is 9.14. The Morgan fingerprint density at radius 2 is 2.46 bits per heavy atom. The van der Waals surface area contributed by atoms with Gasteiger partial charge in [-0.3, -0.25) is 4.79 Å². The van der Waals surface area contributed by atoms with Crippen molar-refractivity contribution in [3.63, 3.8) is 0 Å². The zero-order valence-electron chi connectivity index (χ0n) is 8.32. The van der Waals surface area contributed by atoms with Crippen LogP contribution in [0, 0.1) is 0 Å². The van der Waals surface area contributed by atoms with Crippen molar-refractivity contribution in [2.45, 2.75) is 30.3 Å². The number of nitrogens with zero attached hydrogens (tertiary/aromatic N) is 1. The Labute approximate surface area is 84.0 Å². The average Bonchev–Trinajstić information content (AvgIpc) is 2.37. The SMILES string of the molecule is CC(CCN)SC1CCN(C)C1=O. The van der Waals surface area contributed by atoms with Crippen LogP contribution in [0.5, 0.6) is 0 Å². The van der Waals surface area contributed by atoms with Crippen LogP contribution in [0.15, 0.2) is 0 Å². The molecule has 0 aromatic heterocycles. The predicted molar refractivity (Wildman–Crippen MR) is 56.8 cm³/mol. The molecule has 13 heavy (non-hydrogen) atoms. The summed E-state index contributed by atoms with van der Waals surface area (Å²) >= 11 is 1.77. The fourth-order valence-electron chi connectivity index (χ4n) is 1.50. The first-order valence-corrected chi connectivity index (χ1v) is 5.70. The van der Waals surface area contributed by atoms with E-state index in [4.69, 9.17) is 5.73 Å². The van der Waals surface area contributed by atoms with Crippen LogP contribution in [0.2, 0.25) is 0 Å². The summed E-state index contributed by atoms with van der Waals surface area (Å²) in [5.41, 5.74) is 5.46. The fraction of sp³-hybridized carbons (Fsp3) is 0.889. The number of hydrogen-bond acceptors (Lipinski definition) is 3. The summed E-state index contributed by atoms with van der Waals surface area (Å²) in [5, 5.41) is 0.692. The van der Waals surface area contributed by atoms with Crippen molar-refractivity contribution in [1.29, 1.82) is 0 Å². The number of hydrogen-bond donors (Lipinski definition) is 1. The standard InChI is InChI=1S/C9H18N2OS/c1-7(3-5-10)13-8-4-6-11(2)9(8)12/h7-8H,3-6,10H2,1-2H3. The number of rotatable bonds is 4. The Balaban J connectivity index is 2.33. The van der Waals surface area contributed by atoms with E-state index in [1.807, 2.05) is 11.9 Å². The number of carbonyl (C=O) groups is 1. The molecule has 1 amide bonds. The summed E-state index contributed by atoms with van der Waals surface area (Å²) in [5.74, 6) is 0.286. The molecule has 1 heterocycles. The van der Waals surface area contributed by atoms with Crippen LogP contribution in [0.25, 0.3) is 0 Å². The molecule has 1 aliphatic heterocycles. The molecule has 2 N–H and O–H groups in total. The summed E-state index contributed by atoms with van der Waals surface area (Å²) in [4.78, 5) is 13.3. The van der Waals surface area contributed by atoms with Gasteiger partial charge in [0.25, 0.3) is 0 Å². The van der Waals surface area contributed by atoms with Crippen molar-refractivity contribution in [3.05, 3.63) is 0 Å². The molecule has 0 aromatic rings. The molecule has 1 saturated heterocycles. The van der Waals surface area contributed by atoms with Crippen molar-refractivity contribution in [2.75, 3.05) is 20.1 Å². The molecule has 0 aromatic carbocycles. The van der Waals surface area contributed by atoms with Crippen molar-refractivity contribution >= 4 is 17.7 Å². The molecule has 0 saturated carbocycles. The number of likely N-dealkylation sites (tertiary alicyclic amines) is 1. The van der Waals surface area contributed by atoms with E-state index in [0.29, 0.717) is 11.8 Å². The number of carbonyl (C=O) groups excluding carboxylic acids is 1. The minimum Gasteiger partial charge on any atom is -0.345 e. The topological polar surface area (TPSA) is 46.3 Å². The predicted octanol–water partition coefficient (Wildman–Crippen LogP) is 0.688. The Morgan fingerprint density at radius 3 is 2.92 bits per heavy atom. The smallest absolute Gasteiger partial charge is 0.235 e. The number of amides is 1. The van der Waals surface area contributed by atoms with E-state index in [0.717, 1.165) is 19.4 Å². The monoisotopic (exact) mass is 202 g/mol. The molecule has 2 unspecified atom stereocenters. The van der Waals surface area contributed by atoms with Gasteiger partial charge in [0.2, 0.25) is 5.91 Å². The quantitative estimate of drug-likeness (QED) is 0.729. The number of thioether (sulfide) groups is 1. The van der Waals surface area contributed by atoms with Gasteiger partial charge in [-0.25, -0.2) is 0 Å². The van der Waals surface area contributed by atoms with Gasteiger partial charge in [-0.05, 0) is 19.4 Å². The van der Waals surface area contributed by atoms with Gasteiger partial charge in [-0.1, -0.05) is 6.92 Å². The van der Waals surface area contributed by atoms with E-state index in [9.17, 15) is 4.79 Å². The third-order valence-corrected chi connectivity index (χ3v) is 3.81. The van der Waals surface area contributed by atoms with E-state index in [1.165, 1.54) is 0 Å². The molecular weight excluding hydrogens is 184 g/mol. The van der Waals surface area contributed by atoms with Crippen LogP contribution in [0.1, 0.15) is 19.8 Å². The highest BCUT2D eigenvalue weighted by atomic mass is 32.2. The Bertz CT molecular complexity index is 186. The van der Waals surface area contributed by atoms with Crippen molar-refractivity contribution in [1.82, 2.24) is 4.90 Å². The summed E-state index contributed by atoms with van der Waals surface area (Å²) in [7, 11) is 1.87. The maximum atomic E-state index is 11.5. The largest absolute Gasteiger partial charge is 0.345 e. The molecule has 76 valence electrons. The summed E-state index contributed by atoms with van der Waals surface area (Å²) in [6.45, 7) is 3.76. The van der Waals surface area contributed by atoms with Crippen LogP contribution in [-0.2, 0) is 4.79 Å². The Morgan fingerprint density at radius 1 is 1.77 bits per heavy atom. The van der Waals surface area contributed by atoms with Gasteiger partial charge >= 0.3 is 0 Å². The normalized spacial score (nSPS) is 25.3. The van der Waals surface area contributed by atoms with Gasteiger partial charge < -0.3 is 10.6 Å². The van der Waals surface area contributed by atoms with Crippen LogP contribution in [0.4, 0.5) is 0 Å². The summed E-state index contributed by atoms with van der Waals surface area (Å²) in [6.07, 6.45) is 1.99. The van der Waals surface area contributed by atoms with Gasteiger partial charge in [-0.2, -0.15) is 0 Å². The van der Waals surface area contributed by atoms with Crippen molar-refractivity contribution in [3.8, 4) is 0 Å². The highest BCUT2D eigenvalue weighted by molar-refractivity contribution is 8.01. The molecule has 0 aliphatic carbocycles. The van der Waals surface area contributed by atoms with Crippen LogP contribution >= 0.6 is 11.8 Å². The van der Waals surface area contributed by atoms with Crippen molar-refractivity contribution in [2.24, 2.45) is 5.73 Å². The maximum Gasteiger partial charge on any atom is 0.235 e. The second kappa shape index (κ2) is 4.86. The lowest BCUT2D eigenvalue weighted by atomic mass is 10.3. The fourth-order valence-corrected chi connectivity index (χ4v) is 2.87. The maximum absolute atomic E-state index is 11.5. The average molecular weight is 202 g/mol. The van der Waals surface area contributed by atoms with E-state index < -0.39 is 0 Å². The van der Waals surface area contributed by atoms with E-state index in [2.05, 4.69) is 6.92 Å². The molecule has 1 fully saturated rings. The molecule has 1 rings (SSSR count). The highest BCUT2D eigenvalue weighted by Gasteiger charge is 2.30. The molecule has 2 atom stereocenters. The first kappa shape index (κ1) is 10.9. The van der Waals surface area contributed by atoms with Crippen LogP contribution < -0.4 is 5.73 Å². The molecule has 0 bridgehead atoms. The first-order chi connectivity index (χ1) is 6.15. The minimum atomic E-state index is 0.187. The van der Waals surface area contributed by atoms with Crippen molar-refractivity contribution < 1.29 is 4.79 Å². The van der Waals surface area contributed by atoms with Crippen LogP contribution in [0.3, 0.4) is 0 Å². The van der Waals surface area contributed by atoms with E-state index in [-0.39, 0.29) is 11.2 Å².